The molecule has 0 radical (unpaired) electrons. The number of likely N-dealkylation sites (N-methyl/N-ethyl adjacent to an activating group) is 1. The van der Waals surface area contributed by atoms with Gasteiger partial charge in [0, 0.05) is 18.0 Å². The summed E-state index contributed by atoms with van der Waals surface area (Å²) >= 11 is 1.45. The lowest BCUT2D eigenvalue weighted by molar-refractivity contribution is -0.126. The first-order chi connectivity index (χ1) is 16.5. The lowest BCUT2D eigenvalue weighted by atomic mass is 10.1. The normalized spacial score (nSPS) is 19.2. The van der Waals surface area contributed by atoms with Crippen molar-refractivity contribution in [1.29, 1.82) is 0 Å². The Morgan fingerprint density at radius 1 is 1.03 bits per heavy atom. The fourth-order valence-electron chi connectivity index (χ4n) is 3.98. The Morgan fingerprint density at radius 3 is 2.62 bits per heavy atom. The van der Waals surface area contributed by atoms with Crippen LogP contribution in [-0.2, 0) is 4.79 Å². The van der Waals surface area contributed by atoms with Crippen LogP contribution < -0.4 is 19.1 Å². The second-order valence-electron chi connectivity index (χ2n) is 8.43. The molecule has 2 aliphatic heterocycles. The SMILES string of the molecule is CN(C)CCN1C(=O)[C@H](O)[C@H](c2ccc3c(c2)OCO3)Sc2cc(Oc3ccccc3)ccc21. The molecule has 0 saturated carbocycles. The summed E-state index contributed by atoms with van der Waals surface area (Å²) in [7, 11) is 3.92. The molecule has 1 amide bonds. The van der Waals surface area contributed by atoms with Crippen LogP contribution in [0.4, 0.5) is 5.69 Å². The first-order valence-electron chi connectivity index (χ1n) is 11.1. The van der Waals surface area contributed by atoms with E-state index < -0.39 is 11.4 Å². The fraction of sp³-hybridized carbons (Fsp3) is 0.269. The van der Waals surface area contributed by atoms with Gasteiger partial charge in [0.05, 0.1) is 10.9 Å². The number of para-hydroxylation sites is 1. The minimum absolute atomic E-state index is 0.166. The predicted molar refractivity (Wildman–Crippen MR) is 131 cm³/mol. The van der Waals surface area contributed by atoms with Crippen molar-refractivity contribution in [3.05, 3.63) is 72.3 Å². The summed E-state index contributed by atoms with van der Waals surface area (Å²) in [5.74, 6) is 2.35. The number of nitrogens with zero attached hydrogens (tertiary/aromatic N) is 2. The summed E-state index contributed by atoms with van der Waals surface area (Å²) < 4.78 is 17.0. The molecular formula is C26H26N2O5S. The van der Waals surface area contributed by atoms with Gasteiger partial charge in [-0.2, -0.15) is 0 Å². The first-order valence-corrected chi connectivity index (χ1v) is 11.9. The van der Waals surface area contributed by atoms with E-state index in [1.165, 1.54) is 11.8 Å². The molecule has 0 fully saturated rings. The van der Waals surface area contributed by atoms with Crippen LogP contribution in [0.3, 0.4) is 0 Å². The molecule has 176 valence electrons. The Morgan fingerprint density at radius 2 is 1.82 bits per heavy atom. The molecule has 2 aliphatic rings. The predicted octanol–water partition coefficient (Wildman–Crippen LogP) is 4.31. The van der Waals surface area contributed by atoms with E-state index in [2.05, 4.69) is 0 Å². The molecule has 1 N–H and O–H groups in total. The van der Waals surface area contributed by atoms with Gasteiger partial charge in [-0.05, 0) is 62.1 Å². The summed E-state index contributed by atoms with van der Waals surface area (Å²) in [6, 6.07) is 20.8. The van der Waals surface area contributed by atoms with Crippen LogP contribution in [0.25, 0.3) is 0 Å². The molecule has 5 rings (SSSR count). The van der Waals surface area contributed by atoms with Crippen LogP contribution in [0.2, 0.25) is 0 Å². The lowest BCUT2D eigenvalue weighted by Gasteiger charge is -2.26. The zero-order valence-corrected chi connectivity index (χ0v) is 19.8. The number of carbonyl (C=O) groups is 1. The third-order valence-corrected chi connectivity index (χ3v) is 7.12. The van der Waals surface area contributed by atoms with Crippen LogP contribution >= 0.6 is 11.8 Å². The number of benzene rings is 3. The Kier molecular flexibility index (Phi) is 6.36. The zero-order chi connectivity index (χ0) is 23.7. The van der Waals surface area contributed by atoms with E-state index in [1.54, 1.807) is 4.90 Å². The number of carbonyl (C=O) groups excluding carboxylic acids is 1. The van der Waals surface area contributed by atoms with Crippen LogP contribution in [-0.4, -0.2) is 56.0 Å². The standard InChI is InChI=1S/C26H26N2O5S/c1-27(2)12-13-28-20-10-9-19(33-18-6-4-3-5-7-18)15-23(20)34-25(24(29)26(28)30)17-8-11-21-22(14-17)32-16-31-21/h3-11,14-15,24-25,29H,12-13,16H2,1-2H3/t24-,25+/m1/s1. The number of anilines is 1. The number of hydrogen-bond donors (Lipinski definition) is 1. The molecule has 8 heteroatoms. The fourth-order valence-corrected chi connectivity index (χ4v) is 5.26. The lowest BCUT2D eigenvalue weighted by Crippen LogP contribution is -2.43. The minimum Gasteiger partial charge on any atom is -0.457 e. The number of thioether (sulfide) groups is 1. The number of fused-ring (bicyclic) bond motifs is 2. The van der Waals surface area contributed by atoms with Gasteiger partial charge in [-0.3, -0.25) is 4.79 Å². The highest BCUT2D eigenvalue weighted by Gasteiger charge is 2.38. The zero-order valence-electron chi connectivity index (χ0n) is 19.0. The third-order valence-electron chi connectivity index (χ3n) is 5.76. The summed E-state index contributed by atoms with van der Waals surface area (Å²) in [4.78, 5) is 18.0. The van der Waals surface area contributed by atoms with Gasteiger partial charge in [-0.15, -0.1) is 11.8 Å². The van der Waals surface area contributed by atoms with Crippen molar-refractivity contribution in [3.8, 4) is 23.0 Å². The highest BCUT2D eigenvalue weighted by Crippen LogP contribution is 2.48. The molecule has 7 nitrogen and oxygen atoms in total. The molecule has 0 unspecified atom stereocenters. The van der Waals surface area contributed by atoms with Crippen molar-refractivity contribution in [1.82, 2.24) is 4.90 Å². The van der Waals surface area contributed by atoms with E-state index in [9.17, 15) is 9.90 Å². The second-order valence-corrected chi connectivity index (χ2v) is 9.62. The number of rotatable bonds is 6. The largest absolute Gasteiger partial charge is 0.457 e. The van der Waals surface area contributed by atoms with Gasteiger partial charge in [0.2, 0.25) is 6.79 Å². The van der Waals surface area contributed by atoms with Crippen LogP contribution in [0.1, 0.15) is 10.8 Å². The maximum atomic E-state index is 13.5. The molecule has 3 aromatic carbocycles. The van der Waals surface area contributed by atoms with Gasteiger partial charge in [0.1, 0.15) is 17.6 Å². The monoisotopic (exact) mass is 478 g/mol. The summed E-state index contributed by atoms with van der Waals surface area (Å²) in [5, 5.41) is 10.7. The van der Waals surface area contributed by atoms with E-state index in [0.29, 0.717) is 30.3 Å². The molecule has 2 atom stereocenters. The number of aliphatic hydroxyl groups excluding tert-OH is 1. The smallest absolute Gasteiger partial charge is 0.257 e. The van der Waals surface area contributed by atoms with Crippen molar-refractivity contribution in [2.75, 3.05) is 38.9 Å². The summed E-state index contributed by atoms with van der Waals surface area (Å²) in [6.07, 6.45) is -1.22. The third kappa shape index (κ3) is 4.57. The van der Waals surface area contributed by atoms with Gasteiger partial charge >= 0.3 is 0 Å². The first kappa shape index (κ1) is 22.6. The quantitative estimate of drug-likeness (QED) is 0.566. The van der Waals surface area contributed by atoms with Crippen LogP contribution in [0.5, 0.6) is 23.0 Å². The van der Waals surface area contributed by atoms with Gasteiger partial charge in [-0.25, -0.2) is 0 Å². The van der Waals surface area contributed by atoms with Crippen molar-refractivity contribution in [2.45, 2.75) is 16.2 Å². The van der Waals surface area contributed by atoms with Crippen molar-refractivity contribution in [2.24, 2.45) is 0 Å². The minimum atomic E-state index is -1.22. The Bertz CT molecular complexity index is 1190. The topological polar surface area (TPSA) is 71.5 Å². The van der Waals surface area contributed by atoms with E-state index in [4.69, 9.17) is 14.2 Å². The number of hydrogen-bond acceptors (Lipinski definition) is 7. The molecule has 0 aromatic heterocycles. The van der Waals surface area contributed by atoms with Crippen molar-refractivity contribution < 1.29 is 24.1 Å². The molecule has 0 bridgehead atoms. The average Bonchev–Trinajstić information content (AvgIpc) is 3.28. The summed E-state index contributed by atoms with van der Waals surface area (Å²) in [6.45, 7) is 1.29. The second kappa shape index (κ2) is 9.58. The van der Waals surface area contributed by atoms with Crippen molar-refractivity contribution in [3.63, 3.8) is 0 Å². The molecule has 0 spiro atoms. The highest BCUT2D eigenvalue weighted by atomic mass is 32.2. The molecule has 34 heavy (non-hydrogen) atoms. The van der Waals surface area contributed by atoms with Crippen LogP contribution in [0.15, 0.2) is 71.6 Å². The van der Waals surface area contributed by atoms with E-state index >= 15 is 0 Å². The van der Waals surface area contributed by atoms with Crippen molar-refractivity contribution >= 4 is 23.4 Å². The Balaban J connectivity index is 1.53. The number of aliphatic hydroxyl groups is 1. The number of ether oxygens (including phenoxy) is 3. The van der Waals surface area contributed by atoms with E-state index in [-0.39, 0.29) is 12.7 Å². The maximum absolute atomic E-state index is 13.5. The number of amides is 1. The maximum Gasteiger partial charge on any atom is 0.257 e. The van der Waals surface area contributed by atoms with Gasteiger partial charge in [-0.1, -0.05) is 24.3 Å². The molecule has 0 aliphatic carbocycles. The van der Waals surface area contributed by atoms with Gasteiger partial charge in [0.25, 0.3) is 5.91 Å². The highest BCUT2D eigenvalue weighted by molar-refractivity contribution is 7.99. The van der Waals surface area contributed by atoms with Crippen LogP contribution in [0, 0.1) is 0 Å². The Labute approximate surface area is 202 Å². The van der Waals surface area contributed by atoms with Gasteiger partial charge < -0.3 is 29.1 Å². The summed E-state index contributed by atoms with van der Waals surface area (Å²) in [5.41, 5.74) is 1.56. The van der Waals surface area contributed by atoms with E-state index in [1.807, 2.05) is 85.7 Å². The van der Waals surface area contributed by atoms with Gasteiger partial charge in [0.15, 0.2) is 11.5 Å². The molecule has 0 saturated heterocycles. The Hall–Kier alpha value is -3.20. The average molecular weight is 479 g/mol. The molecule has 3 aromatic rings. The molecular weight excluding hydrogens is 452 g/mol. The molecule has 2 heterocycles. The van der Waals surface area contributed by atoms with E-state index in [0.717, 1.165) is 21.9 Å².